The molecule has 0 heterocycles. The highest BCUT2D eigenvalue weighted by atomic mass is 35.5. The second-order valence-corrected chi connectivity index (χ2v) is 4.39. The molecule has 92 valence electrons. The van der Waals surface area contributed by atoms with E-state index < -0.39 is 23.1 Å². The van der Waals surface area contributed by atoms with Crippen LogP contribution in [0.25, 0.3) is 0 Å². The lowest BCUT2D eigenvalue weighted by atomic mass is 10.1. The lowest BCUT2D eigenvalue weighted by molar-refractivity contribution is 0.0744. The summed E-state index contributed by atoms with van der Waals surface area (Å²) < 4.78 is 26.9. The first-order valence-corrected chi connectivity index (χ1v) is 5.99. The van der Waals surface area contributed by atoms with E-state index in [0.717, 1.165) is 25.0 Å². The molecular weight excluding hydrogens is 248 g/mol. The highest BCUT2D eigenvalue weighted by Crippen LogP contribution is 2.29. The van der Waals surface area contributed by atoms with Gasteiger partial charge in [-0.05, 0) is 25.0 Å². The monoisotopic (exact) mass is 259 g/mol. The Hall–Kier alpha value is -1.16. The van der Waals surface area contributed by atoms with Gasteiger partial charge in [-0.2, -0.15) is 0 Å². The van der Waals surface area contributed by atoms with E-state index in [1.54, 1.807) is 0 Å². The molecule has 0 radical (unpaired) electrons. The zero-order chi connectivity index (χ0) is 12.4. The second kappa shape index (κ2) is 5.00. The van der Waals surface area contributed by atoms with Crippen LogP contribution < -0.4 is 0 Å². The number of amides is 1. The second-order valence-electron chi connectivity index (χ2n) is 4.02. The maximum absolute atomic E-state index is 13.5. The summed E-state index contributed by atoms with van der Waals surface area (Å²) >= 11 is 5.60. The summed E-state index contributed by atoms with van der Waals surface area (Å²) in [5, 5.41) is 0. The van der Waals surface area contributed by atoms with Crippen LogP contribution in [0.4, 0.5) is 8.78 Å². The summed E-state index contributed by atoms with van der Waals surface area (Å²) in [5.74, 6) is -1.99. The molecule has 1 aromatic carbocycles. The fourth-order valence-corrected chi connectivity index (χ4v) is 1.96. The van der Waals surface area contributed by atoms with Gasteiger partial charge in [-0.15, -0.1) is 11.6 Å². The number of hydrogen-bond acceptors (Lipinski definition) is 1. The van der Waals surface area contributed by atoms with Gasteiger partial charge in [-0.1, -0.05) is 6.07 Å². The standard InChI is InChI=1S/C12H12ClF2NO/c13-6-7-16(8-4-5-8)12(17)11-9(14)2-1-3-10(11)15/h1-3,8H,4-7H2. The Morgan fingerprint density at radius 2 is 1.94 bits per heavy atom. The van der Waals surface area contributed by atoms with Crippen LogP contribution in [0, 0.1) is 11.6 Å². The molecule has 1 amide bonds. The van der Waals surface area contributed by atoms with E-state index in [2.05, 4.69) is 0 Å². The summed E-state index contributed by atoms with van der Waals surface area (Å²) in [6, 6.07) is 3.49. The lowest BCUT2D eigenvalue weighted by Crippen LogP contribution is -2.35. The third-order valence-corrected chi connectivity index (χ3v) is 2.92. The zero-order valence-electron chi connectivity index (χ0n) is 9.13. The number of carbonyl (C=O) groups is 1. The average molecular weight is 260 g/mol. The van der Waals surface area contributed by atoms with Crippen molar-refractivity contribution in [2.45, 2.75) is 18.9 Å². The van der Waals surface area contributed by atoms with Crippen LogP contribution in [-0.4, -0.2) is 29.3 Å². The van der Waals surface area contributed by atoms with Gasteiger partial charge >= 0.3 is 0 Å². The van der Waals surface area contributed by atoms with E-state index in [1.807, 2.05) is 0 Å². The largest absolute Gasteiger partial charge is 0.334 e. The summed E-state index contributed by atoms with van der Waals surface area (Å²) in [5.41, 5.74) is -0.482. The van der Waals surface area contributed by atoms with Gasteiger partial charge in [0.05, 0.1) is 0 Å². The third-order valence-electron chi connectivity index (χ3n) is 2.75. The van der Waals surface area contributed by atoms with Gasteiger partial charge in [0.1, 0.15) is 17.2 Å². The number of alkyl halides is 1. The zero-order valence-corrected chi connectivity index (χ0v) is 9.88. The topological polar surface area (TPSA) is 20.3 Å². The molecule has 0 N–H and O–H groups in total. The molecule has 17 heavy (non-hydrogen) atoms. The Balaban J connectivity index is 2.28. The summed E-state index contributed by atoms with van der Waals surface area (Å²) in [4.78, 5) is 13.5. The number of nitrogens with zero attached hydrogens (tertiary/aromatic N) is 1. The van der Waals surface area contributed by atoms with Crippen molar-refractivity contribution < 1.29 is 13.6 Å². The molecule has 1 aromatic rings. The van der Waals surface area contributed by atoms with E-state index >= 15 is 0 Å². The van der Waals surface area contributed by atoms with Crippen LogP contribution >= 0.6 is 11.6 Å². The molecule has 0 atom stereocenters. The lowest BCUT2D eigenvalue weighted by Gasteiger charge is -2.21. The molecular formula is C12H12ClF2NO. The first kappa shape index (κ1) is 12.3. The Morgan fingerprint density at radius 3 is 2.41 bits per heavy atom. The molecule has 0 bridgehead atoms. The predicted octanol–water partition coefficient (Wildman–Crippen LogP) is 2.81. The quantitative estimate of drug-likeness (QED) is 0.762. The molecule has 0 aromatic heterocycles. The summed E-state index contributed by atoms with van der Waals surface area (Å²) in [7, 11) is 0. The highest BCUT2D eigenvalue weighted by molar-refractivity contribution is 6.18. The molecule has 0 spiro atoms. The smallest absolute Gasteiger partial charge is 0.260 e. The van der Waals surface area contributed by atoms with E-state index in [4.69, 9.17) is 11.6 Å². The van der Waals surface area contributed by atoms with Crippen molar-refractivity contribution in [1.29, 1.82) is 0 Å². The van der Waals surface area contributed by atoms with Crippen molar-refractivity contribution in [3.8, 4) is 0 Å². The minimum atomic E-state index is -0.824. The van der Waals surface area contributed by atoms with E-state index in [-0.39, 0.29) is 11.9 Å². The molecule has 1 aliphatic rings. The van der Waals surface area contributed by atoms with Gasteiger partial charge in [0, 0.05) is 18.5 Å². The molecule has 5 heteroatoms. The Morgan fingerprint density at radius 1 is 1.35 bits per heavy atom. The van der Waals surface area contributed by atoms with Crippen molar-refractivity contribution in [2.75, 3.05) is 12.4 Å². The molecule has 1 saturated carbocycles. The number of halogens is 3. The maximum atomic E-state index is 13.5. The van der Waals surface area contributed by atoms with Crippen LogP contribution in [-0.2, 0) is 0 Å². The van der Waals surface area contributed by atoms with Gasteiger partial charge in [0.25, 0.3) is 5.91 Å². The Bertz CT molecular complexity index is 414. The number of benzene rings is 1. The molecule has 2 rings (SSSR count). The molecule has 1 fully saturated rings. The first-order valence-electron chi connectivity index (χ1n) is 5.46. The van der Waals surface area contributed by atoms with Crippen LogP contribution in [0.2, 0.25) is 0 Å². The van der Waals surface area contributed by atoms with E-state index in [0.29, 0.717) is 6.54 Å². The van der Waals surface area contributed by atoms with Crippen LogP contribution in [0.15, 0.2) is 18.2 Å². The highest BCUT2D eigenvalue weighted by Gasteiger charge is 2.34. The number of rotatable bonds is 4. The predicted molar refractivity (Wildman–Crippen MR) is 61.1 cm³/mol. The minimum Gasteiger partial charge on any atom is -0.334 e. The fourth-order valence-electron chi connectivity index (χ4n) is 1.77. The van der Waals surface area contributed by atoms with Gasteiger partial charge in [0.15, 0.2) is 0 Å². The van der Waals surface area contributed by atoms with Crippen molar-refractivity contribution in [2.24, 2.45) is 0 Å². The van der Waals surface area contributed by atoms with Gasteiger partial charge in [-0.3, -0.25) is 4.79 Å². The first-order chi connectivity index (χ1) is 8.15. The Labute approximate surface area is 103 Å². The molecule has 1 aliphatic carbocycles. The van der Waals surface area contributed by atoms with Crippen LogP contribution in [0.5, 0.6) is 0 Å². The van der Waals surface area contributed by atoms with Crippen molar-refractivity contribution in [1.82, 2.24) is 4.90 Å². The van der Waals surface area contributed by atoms with Crippen molar-refractivity contribution in [3.63, 3.8) is 0 Å². The summed E-state index contributed by atoms with van der Waals surface area (Å²) in [6.07, 6.45) is 1.75. The maximum Gasteiger partial charge on any atom is 0.260 e. The molecule has 0 aliphatic heterocycles. The Kier molecular flexibility index (Phi) is 3.62. The van der Waals surface area contributed by atoms with Gasteiger partial charge in [-0.25, -0.2) is 8.78 Å². The van der Waals surface area contributed by atoms with Gasteiger partial charge in [0.2, 0.25) is 0 Å². The van der Waals surface area contributed by atoms with Crippen LogP contribution in [0.3, 0.4) is 0 Å². The fraction of sp³-hybridized carbons (Fsp3) is 0.417. The molecule has 2 nitrogen and oxygen atoms in total. The number of carbonyl (C=O) groups excluding carboxylic acids is 1. The van der Waals surface area contributed by atoms with E-state index in [9.17, 15) is 13.6 Å². The van der Waals surface area contributed by atoms with Crippen LogP contribution in [0.1, 0.15) is 23.2 Å². The normalized spacial score (nSPS) is 14.8. The minimum absolute atomic E-state index is 0.0836. The summed E-state index contributed by atoms with van der Waals surface area (Å²) in [6.45, 7) is 0.318. The SMILES string of the molecule is O=C(c1c(F)cccc1F)N(CCCl)C1CC1. The number of hydrogen-bond donors (Lipinski definition) is 0. The third kappa shape index (κ3) is 2.57. The van der Waals surface area contributed by atoms with E-state index in [1.165, 1.54) is 11.0 Å². The average Bonchev–Trinajstić information content (AvgIpc) is 3.09. The molecule has 0 unspecified atom stereocenters. The van der Waals surface area contributed by atoms with Gasteiger partial charge < -0.3 is 4.90 Å². The van der Waals surface area contributed by atoms with Crippen molar-refractivity contribution >= 4 is 17.5 Å². The molecule has 0 saturated heterocycles. The van der Waals surface area contributed by atoms with Crippen molar-refractivity contribution in [3.05, 3.63) is 35.4 Å².